The predicted octanol–water partition coefficient (Wildman–Crippen LogP) is 2.27. The molecule has 1 rings (SSSR count). The van der Waals surface area contributed by atoms with Gasteiger partial charge in [-0.15, -0.1) is 13.2 Å². The summed E-state index contributed by atoms with van der Waals surface area (Å²) < 4.78 is 77.0. The third-order valence-corrected chi connectivity index (χ3v) is 1.93. The Labute approximate surface area is 102 Å². The van der Waals surface area contributed by atoms with Crippen LogP contribution in [0.3, 0.4) is 0 Å². The number of nitrogens with zero attached hydrogens (tertiary/aromatic N) is 1. The second-order valence-corrected chi connectivity index (χ2v) is 3.24. The molecule has 0 aliphatic heterocycles. The largest absolute Gasteiger partial charge is 0.574 e. The van der Waals surface area contributed by atoms with Gasteiger partial charge < -0.3 is 10.5 Å². The van der Waals surface area contributed by atoms with E-state index in [1.807, 2.05) is 0 Å². The van der Waals surface area contributed by atoms with Crippen LogP contribution in [0.15, 0.2) is 6.07 Å². The first-order chi connectivity index (χ1) is 8.58. The van der Waals surface area contributed by atoms with E-state index >= 15 is 0 Å². The monoisotopic (exact) mass is 288 g/mol. The molecule has 0 radical (unpaired) electrons. The highest BCUT2D eigenvalue weighted by Crippen LogP contribution is 2.34. The van der Waals surface area contributed by atoms with Gasteiger partial charge in [-0.3, -0.25) is 4.79 Å². The van der Waals surface area contributed by atoms with Gasteiger partial charge in [0, 0.05) is 6.54 Å². The van der Waals surface area contributed by atoms with Crippen LogP contribution < -0.4 is 10.5 Å². The van der Waals surface area contributed by atoms with Gasteiger partial charge in [0.15, 0.2) is 6.29 Å². The Balaban J connectivity index is 3.40. The topological polar surface area (TPSA) is 65.2 Å². The van der Waals surface area contributed by atoms with E-state index in [2.05, 4.69) is 9.72 Å². The van der Waals surface area contributed by atoms with Crippen molar-refractivity contribution in [2.24, 2.45) is 5.73 Å². The Hall–Kier alpha value is -1.84. The van der Waals surface area contributed by atoms with E-state index in [-0.39, 0.29) is 12.4 Å². The molecule has 0 unspecified atom stereocenters. The molecule has 0 amide bonds. The van der Waals surface area contributed by atoms with Crippen LogP contribution >= 0.6 is 0 Å². The molecule has 0 aliphatic rings. The summed E-state index contributed by atoms with van der Waals surface area (Å²) in [4.78, 5) is 13.5. The number of nitrogens with two attached hydrogens (primary N) is 1. The van der Waals surface area contributed by atoms with Crippen molar-refractivity contribution >= 4 is 6.29 Å². The SMILES string of the molecule is NCc1nc(OC(F)(F)F)c(C=O)cc1C(F)(F)F. The van der Waals surface area contributed by atoms with Crippen LogP contribution in [0.25, 0.3) is 0 Å². The fourth-order valence-corrected chi connectivity index (χ4v) is 1.22. The smallest absolute Gasteiger partial charge is 0.387 e. The van der Waals surface area contributed by atoms with Gasteiger partial charge in [0.25, 0.3) is 0 Å². The third-order valence-electron chi connectivity index (χ3n) is 1.93. The van der Waals surface area contributed by atoms with Crippen molar-refractivity contribution in [3.63, 3.8) is 0 Å². The average molecular weight is 288 g/mol. The van der Waals surface area contributed by atoms with E-state index < -0.39 is 41.8 Å². The van der Waals surface area contributed by atoms with Crippen molar-refractivity contribution in [1.82, 2.24) is 4.98 Å². The van der Waals surface area contributed by atoms with Gasteiger partial charge in [0.05, 0.1) is 16.8 Å². The van der Waals surface area contributed by atoms with Gasteiger partial charge in [-0.1, -0.05) is 0 Å². The minimum absolute atomic E-state index is 0.212. The van der Waals surface area contributed by atoms with E-state index in [4.69, 9.17) is 5.73 Å². The van der Waals surface area contributed by atoms with Crippen LogP contribution in [0.5, 0.6) is 5.88 Å². The van der Waals surface area contributed by atoms with E-state index in [9.17, 15) is 31.1 Å². The number of hydrogen-bond acceptors (Lipinski definition) is 4. The normalized spacial score (nSPS) is 12.4. The van der Waals surface area contributed by atoms with Crippen LogP contribution in [0.1, 0.15) is 21.6 Å². The molecular formula is C9H6F6N2O2. The fraction of sp³-hybridized carbons (Fsp3) is 0.333. The van der Waals surface area contributed by atoms with Crippen molar-refractivity contribution in [2.45, 2.75) is 19.1 Å². The molecule has 0 bridgehead atoms. The maximum atomic E-state index is 12.5. The predicted molar refractivity (Wildman–Crippen MR) is 49.2 cm³/mol. The number of carbonyl (C=O) groups is 1. The summed E-state index contributed by atoms with van der Waals surface area (Å²) in [6.45, 7) is -0.762. The first-order valence-electron chi connectivity index (χ1n) is 4.60. The van der Waals surface area contributed by atoms with Crippen molar-refractivity contribution in [3.05, 3.63) is 22.9 Å². The molecule has 0 atom stereocenters. The fourth-order valence-electron chi connectivity index (χ4n) is 1.22. The lowest BCUT2D eigenvalue weighted by Crippen LogP contribution is -2.21. The van der Waals surface area contributed by atoms with Crippen LogP contribution in [0, 0.1) is 0 Å². The lowest BCUT2D eigenvalue weighted by Gasteiger charge is -2.15. The maximum Gasteiger partial charge on any atom is 0.574 e. The summed E-state index contributed by atoms with van der Waals surface area (Å²) in [5.41, 5.74) is 1.78. The van der Waals surface area contributed by atoms with E-state index in [1.54, 1.807) is 0 Å². The summed E-state index contributed by atoms with van der Waals surface area (Å²) >= 11 is 0. The molecule has 106 valence electrons. The number of aldehydes is 1. The van der Waals surface area contributed by atoms with Gasteiger partial charge in [-0.25, -0.2) is 4.98 Å². The molecule has 0 aliphatic carbocycles. The summed E-state index contributed by atoms with van der Waals surface area (Å²) in [6, 6.07) is 0.212. The second-order valence-electron chi connectivity index (χ2n) is 3.24. The number of ether oxygens (including phenoxy) is 1. The molecule has 0 saturated heterocycles. The number of aromatic nitrogens is 1. The lowest BCUT2D eigenvalue weighted by atomic mass is 10.1. The molecule has 2 N–H and O–H groups in total. The van der Waals surface area contributed by atoms with Crippen LogP contribution in [-0.4, -0.2) is 17.6 Å². The zero-order valence-electron chi connectivity index (χ0n) is 8.97. The Morgan fingerprint density at radius 1 is 1.26 bits per heavy atom. The first kappa shape index (κ1) is 15.2. The zero-order chi connectivity index (χ0) is 14.8. The Kier molecular flexibility index (Phi) is 4.03. The molecule has 1 aromatic heterocycles. The maximum absolute atomic E-state index is 12.5. The molecule has 0 spiro atoms. The van der Waals surface area contributed by atoms with Crippen molar-refractivity contribution in [1.29, 1.82) is 0 Å². The van der Waals surface area contributed by atoms with Crippen LogP contribution in [-0.2, 0) is 12.7 Å². The number of hydrogen-bond donors (Lipinski definition) is 1. The zero-order valence-corrected chi connectivity index (χ0v) is 8.97. The summed E-state index contributed by atoms with van der Waals surface area (Å²) in [6.07, 6.45) is -10.3. The van der Waals surface area contributed by atoms with Gasteiger partial charge in [-0.2, -0.15) is 13.2 Å². The van der Waals surface area contributed by atoms with Crippen molar-refractivity contribution in [2.75, 3.05) is 0 Å². The van der Waals surface area contributed by atoms with Crippen LogP contribution in [0.4, 0.5) is 26.3 Å². The quantitative estimate of drug-likeness (QED) is 0.684. The first-order valence-corrected chi connectivity index (χ1v) is 4.60. The van der Waals surface area contributed by atoms with Gasteiger partial charge in [-0.05, 0) is 6.07 Å². The molecule has 0 saturated carbocycles. The van der Waals surface area contributed by atoms with Crippen molar-refractivity contribution in [3.8, 4) is 5.88 Å². The highest BCUT2D eigenvalue weighted by Gasteiger charge is 2.37. The van der Waals surface area contributed by atoms with Crippen LogP contribution in [0.2, 0.25) is 0 Å². The molecule has 1 heterocycles. The molecule has 1 aromatic rings. The van der Waals surface area contributed by atoms with Gasteiger partial charge >= 0.3 is 12.5 Å². The lowest BCUT2D eigenvalue weighted by molar-refractivity contribution is -0.276. The third kappa shape index (κ3) is 3.81. The molecular weight excluding hydrogens is 282 g/mol. The number of alkyl halides is 6. The van der Waals surface area contributed by atoms with Gasteiger partial charge in [0.2, 0.25) is 5.88 Å². The molecule has 0 aromatic carbocycles. The number of rotatable bonds is 3. The average Bonchev–Trinajstić information content (AvgIpc) is 2.24. The summed E-state index contributed by atoms with van der Waals surface area (Å²) in [5.74, 6) is -1.27. The highest BCUT2D eigenvalue weighted by molar-refractivity contribution is 5.78. The molecule has 10 heteroatoms. The Bertz CT molecular complexity index is 483. The number of pyridine rings is 1. The Morgan fingerprint density at radius 2 is 1.84 bits per heavy atom. The summed E-state index contributed by atoms with van der Waals surface area (Å²) in [5, 5.41) is 0. The molecule has 4 nitrogen and oxygen atoms in total. The van der Waals surface area contributed by atoms with E-state index in [1.165, 1.54) is 0 Å². The van der Waals surface area contributed by atoms with Crippen molar-refractivity contribution < 1.29 is 35.9 Å². The highest BCUT2D eigenvalue weighted by atomic mass is 19.4. The summed E-state index contributed by atoms with van der Waals surface area (Å²) in [7, 11) is 0. The minimum Gasteiger partial charge on any atom is -0.387 e. The Morgan fingerprint density at radius 3 is 2.21 bits per heavy atom. The van der Waals surface area contributed by atoms with E-state index in [0.717, 1.165) is 0 Å². The molecule has 19 heavy (non-hydrogen) atoms. The van der Waals surface area contributed by atoms with E-state index in [0.29, 0.717) is 0 Å². The minimum atomic E-state index is -5.18. The van der Waals surface area contributed by atoms with Gasteiger partial charge in [0.1, 0.15) is 0 Å². The second kappa shape index (κ2) is 5.03. The number of halogens is 6. The standard InChI is InChI=1S/C9H6F6N2O2/c10-8(11,12)5-1-4(3-18)7(17-6(5)2-16)19-9(13,14)15/h1,3H,2,16H2. The molecule has 0 fully saturated rings. The number of carbonyl (C=O) groups excluding carboxylic acids is 1.